The van der Waals surface area contributed by atoms with Gasteiger partial charge in [0.15, 0.2) is 0 Å². The highest BCUT2D eigenvalue weighted by atomic mass is 35.5. The maximum absolute atomic E-state index is 11.8. The van der Waals surface area contributed by atoms with Gasteiger partial charge >= 0.3 is 5.97 Å². The van der Waals surface area contributed by atoms with Crippen LogP contribution in [0.15, 0.2) is 23.4 Å². The molecule has 0 bridgehead atoms. The van der Waals surface area contributed by atoms with Crippen molar-refractivity contribution in [3.63, 3.8) is 0 Å². The first-order chi connectivity index (χ1) is 8.58. The molecule has 1 fully saturated rings. The second-order valence-corrected chi connectivity index (χ2v) is 5.76. The number of pyridine rings is 1. The SMILES string of the molecule is COC(=O)C(N)(CSc1ncccc1Cl)C1CC1. The van der Waals surface area contributed by atoms with Crippen LogP contribution in [0.5, 0.6) is 0 Å². The van der Waals surface area contributed by atoms with E-state index in [9.17, 15) is 4.79 Å². The van der Waals surface area contributed by atoms with Gasteiger partial charge in [0.1, 0.15) is 10.6 Å². The van der Waals surface area contributed by atoms with E-state index in [1.54, 1.807) is 18.3 Å². The van der Waals surface area contributed by atoms with E-state index in [0.29, 0.717) is 15.8 Å². The van der Waals surface area contributed by atoms with Crippen LogP contribution in [0, 0.1) is 5.92 Å². The third-order valence-electron chi connectivity index (χ3n) is 3.04. The molecule has 0 radical (unpaired) electrons. The number of halogens is 1. The van der Waals surface area contributed by atoms with Gasteiger partial charge in [-0.15, -0.1) is 11.8 Å². The Morgan fingerprint density at radius 1 is 1.72 bits per heavy atom. The van der Waals surface area contributed by atoms with Crippen molar-refractivity contribution in [2.45, 2.75) is 23.4 Å². The van der Waals surface area contributed by atoms with Gasteiger partial charge in [-0.25, -0.2) is 4.98 Å². The zero-order chi connectivity index (χ0) is 13.2. The number of carbonyl (C=O) groups excluding carboxylic acids is 1. The summed E-state index contributed by atoms with van der Waals surface area (Å²) in [5, 5.41) is 1.27. The third kappa shape index (κ3) is 2.79. The van der Waals surface area contributed by atoms with E-state index in [0.717, 1.165) is 12.8 Å². The lowest BCUT2D eigenvalue weighted by Crippen LogP contribution is -2.53. The quantitative estimate of drug-likeness (QED) is 0.663. The molecule has 98 valence electrons. The van der Waals surface area contributed by atoms with Crippen LogP contribution < -0.4 is 5.73 Å². The lowest BCUT2D eigenvalue weighted by atomic mass is 9.97. The fourth-order valence-electron chi connectivity index (χ4n) is 1.80. The summed E-state index contributed by atoms with van der Waals surface area (Å²) >= 11 is 7.42. The van der Waals surface area contributed by atoms with Crippen molar-refractivity contribution in [3.8, 4) is 0 Å². The summed E-state index contributed by atoms with van der Waals surface area (Å²) in [6.45, 7) is 0. The molecule has 18 heavy (non-hydrogen) atoms. The number of methoxy groups -OCH3 is 1. The molecule has 1 heterocycles. The Hall–Kier alpha value is -0.780. The van der Waals surface area contributed by atoms with Crippen molar-refractivity contribution in [3.05, 3.63) is 23.4 Å². The monoisotopic (exact) mass is 286 g/mol. The molecular weight excluding hydrogens is 272 g/mol. The normalized spacial score (nSPS) is 18.2. The molecule has 1 aliphatic rings. The standard InChI is InChI=1S/C12H15ClN2O2S/c1-17-11(16)12(14,8-4-5-8)7-18-10-9(13)3-2-6-15-10/h2-3,6,8H,4-5,7,14H2,1H3. The second-order valence-electron chi connectivity index (χ2n) is 4.39. The molecule has 1 aromatic rings. The Bertz CT molecular complexity index is 453. The van der Waals surface area contributed by atoms with Gasteiger partial charge in [0.05, 0.1) is 12.1 Å². The van der Waals surface area contributed by atoms with Crippen molar-refractivity contribution >= 4 is 29.3 Å². The van der Waals surface area contributed by atoms with Crippen LogP contribution in [0.4, 0.5) is 0 Å². The van der Waals surface area contributed by atoms with Crippen LogP contribution >= 0.6 is 23.4 Å². The minimum Gasteiger partial charge on any atom is -0.468 e. The maximum atomic E-state index is 11.8. The molecule has 2 N–H and O–H groups in total. The highest BCUT2D eigenvalue weighted by Gasteiger charge is 2.49. The number of hydrogen-bond acceptors (Lipinski definition) is 5. The predicted molar refractivity (Wildman–Crippen MR) is 71.6 cm³/mol. The smallest absolute Gasteiger partial charge is 0.327 e. The first-order valence-electron chi connectivity index (χ1n) is 5.68. The Morgan fingerprint density at radius 3 is 3.00 bits per heavy atom. The number of aromatic nitrogens is 1. The molecular formula is C12H15ClN2O2S. The summed E-state index contributed by atoms with van der Waals surface area (Å²) < 4.78 is 4.80. The van der Waals surface area contributed by atoms with Gasteiger partial charge in [0, 0.05) is 11.9 Å². The molecule has 1 atom stereocenters. The van der Waals surface area contributed by atoms with E-state index in [1.807, 2.05) is 0 Å². The van der Waals surface area contributed by atoms with Gasteiger partial charge in [-0.3, -0.25) is 4.79 Å². The number of esters is 1. The summed E-state index contributed by atoms with van der Waals surface area (Å²) in [6.07, 6.45) is 3.62. The maximum Gasteiger partial charge on any atom is 0.327 e. The highest BCUT2D eigenvalue weighted by Crippen LogP contribution is 2.41. The molecule has 2 rings (SSSR count). The largest absolute Gasteiger partial charge is 0.468 e. The minimum absolute atomic E-state index is 0.208. The van der Waals surface area contributed by atoms with Crippen molar-refractivity contribution < 1.29 is 9.53 Å². The highest BCUT2D eigenvalue weighted by molar-refractivity contribution is 7.99. The zero-order valence-corrected chi connectivity index (χ0v) is 11.6. The number of rotatable bonds is 5. The van der Waals surface area contributed by atoms with Crippen molar-refractivity contribution in [2.24, 2.45) is 11.7 Å². The van der Waals surface area contributed by atoms with Crippen molar-refractivity contribution in [1.29, 1.82) is 0 Å². The van der Waals surface area contributed by atoms with E-state index >= 15 is 0 Å². The Labute approximate surface area is 115 Å². The van der Waals surface area contributed by atoms with Crippen LogP contribution in [0.1, 0.15) is 12.8 Å². The van der Waals surface area contributed by atoms with Crippen LogP contribution in [0.25, 0.3) is 0 Å². The fourth-order valence-corrected chi connectivity index (χ4v) is 3.15. The zero-order valence-electron chi connectivity index (χ0n) is 10.1. The fraction of sp³-hybridized carbons (Fsp3) is 0.500. The van der Waals surface area contributed by atoms with E-state index in [1.165, 1.54) is 18.9 Å². The number of thioether (sulfide) groups is 1. The number of hydrogen-bond donors (Lipinski definition) is 1. The first kappa shape index (κ1) is 13.6. The summed E-state index contributed by atoms with van der Waals surface area (Å²) in [5.74, 6) is 0.283. The van der Waals surface area contributed by atoms with E-state index in [-0.39, 0.29) is 11.9 Å². The molecule has 1 aliphatic carbocycles. The molecule has 1 unspecified atom stereocenters. The number of nitrogens with two attached hydrogens (primary N) is 1. The van der Waals surface area contributed by atoms with E-state index in [4.69, 9.17) is 22.1 Å². The minimum atomic E-state index is -0.930. The van der Waals surface area contributed by atoms with E-state index in [2.05, 4.69) is 4.98 Å². The number of ether oxygens (including phenoxy) is 1. The number of nitrogens with zero attached hydrogens (tertiary/aromatic N) is 1. The first-order valence-corrected chi connectivity index (χ1v) is 7.05. The van der Waals surface area contributed by atoms with Crippen LogP contribution in [0.2, 0.25) is 5.02 Å². The van der Waals surface area contributed by atoms with Crippen LogP contribution in [-0.4, -0.2) is 29.4 Å². The van der Waals surface area contributed by atoms with Crippen molar-refractivity contribution in [2.75, 3.05) is 12.9 Å². The molecule has 0 saturated heterocycles. The Balaban J connectivity index is 2.07. The van der Waals surface area contributed by atoms with Gasteiger partial charge in [0.25, 0.3) is 0 Å². The van der Waals surface area contributed by atoms with Gasteiger partial charge in [-0.2, -0.15) is 0 Å². The summed E-state index contributed by atoms with van der Waals surface area (Å²) in [5.41, 5.74) is 5.26. The van der Waals surface area contributed by atoms with E-state index < -0.39 is 5.54 Å². The summed E-state index contributed by atoms with van der Waals surface area (Å²) in [6, 6.07) is 3.54. The molecule has 1 aromatic heterocycles. The van der Waals surface area contributed by atoms with Crippen LogP contribution in [-0.2, 0) is 9.53 Å². The Kier molecular flexibility index (Phi) is 4.14. The van der Waals surface area contributed by atoms with Crippen molar-refractivity contribution in [1.82, 2.24) is 4.98 Å². The van der Waals surface area contributed by atoms with Gasteiger partial charge in [0.2, 0.25) is 0 Å². The van der Waals surface area contributed by atoms with Crippen LogP contribution in [0.3, 0.4) is 0 Å². The number of carbonyl (C=O) groups is 1. The summed E-state index contributed by atoms with van der Waals surface area (Å²) in [7, 11) is 1.37. The van der Waals surface area contributed by atoms with Gasteiger partial charge in [-0.1, -0.05) is 11.6 Å². The average Bonchev–Trinajstić information content (AvgIpc) is 3.21. The molecule has 0 amide bonds. The Morgan fingerprint density at radius 2 is 2.44 bits per heavy atom. The van der Waals surface area contributed by atoms with Gasteiger partial charge < -0.3 is 10.5 Å². The lowest BCUT2D eigenvalue weighted by Gasteiger charge is -2.25. The second kappa shape index (κ2) is 5.47. The topological polar surface area (TPSA) is 65.2 Å². The molecule has 4 nitrogen and oxygen atoms in total. The van der Waals surface area contributed by atoms with Gasteiger partial charge in [-0.05, 0) is 30.9 Å². The molecule has 6 heteroatoms. The third-order valence-corrected chi connectivity index (χ3v) is 4.68. The molecule has 0 aliphatic heterocycles. The average molecular weight is 287 g/mol. The lowest BCUT2D eigenvalue weighted by molar-refractivity contribution is -0.146. The summed E-state index contributed by atoms with van der Waals surface area (Å²) in [4.78, 5) is 16.0. The molecule has 0 spiro atoms. The molecule has 1 saturated carbocycles. The predicted octanol–water partition coefficient (Wildman–Crippen LogP) is 2.11. The molecule has 0 aromatic carbocycles.